The second-order valence-electron chi connectivity index (χ2n) is 6.40. The molecule has 1 saturated carbocycles. The number of rotatable bonds is 1. The fourth-order valence-electron chi connectivity index (χ4n) is 3.28. The maximum absolute atomic E-state index is 12.1. The van der Waals surface area contributed by atoms with Gasteiger partial charge in [0, 0.05) is 18.0 Å². The fourth-order valence-corrected chi connectivity index (χ4v) is 3.28. The number of hydrogen-bond acceptors (Lipinski definition) is 3. The largest absolute Gasteiger partial charge is 0.444 e. The Bertz CT molecular complexity index is 311. The monoisotopic (exact) mass is 240 g/mol. The highest BCUT2D eigenvalue weighted by molar-refractivity contribution is 5.69. The van der Waals surface area contributed by atoms with Crippen LogP contribution in [0.1, 0.15) is 46.5 Å². The van der Waals surface area contributed by atoms with E-state index in [4.69, 9.17) is 10.5 Å². The minimum absolute atomic E-state index is 0.167. The highest BCUT2D eigenvalue weighted by Crippen LogP contribution is 2.48. The van der Waals surface area contributed by atoms with Crippen molar-refractivity contribution in [2.75, 3.05) is 13.1 Å². The van der Waals surface area contributed by atoms with Crippen molar-refractivity contribution in [2.24, 2.45) is 11.1 Å². The van der Waals surface area contributed by atoms with Gasteiger partial charge in [-0.1, -0.05) is 6.42 Å². The van der Waals surface area contributed by atoms with Crippen LogP contribution in [-0.2, 0) is 4.74 Å². The first kappa shape index (κ1) is 12.7. The number of carbonyl (C=O) groups is 1. The fraction of sp³-hybridized carbons (Fsp3) is 0.923. The minimum Gasteiger partial charge on any atom is -0.444 e. The molecule has 0 radical (unpaired) electrons. The van der Waals surface area contributed by atoms with Crippen molar-refractivity contribution in [1.82, 2.24) is 4.90 Å². The predicted molar refractivity (Wildman–Crippen MR) is 66.7 cm³/mol. The second kappa shape index (κ2) is 4.16. The van der Waals surface area contributed by atoms with Crippen LogP contribution in [0.3, 0.4) is 0 Å². The van der Waals surface area contributed by atoms with Gasteiger partial charge in [0.2, 0.25) is 0 Å². The van der Waals surface area contributed by atoms with Crippen LogP contribution in [0.15, 0.2) is 0 Å². The molecule has 1 saturated heterocycles. The first-order chi connectivity index (χ1) is 7.88. The molecule has 0 spiro atoms. The van der Waals surface area contributed by atoms with Crippen LogP contribution in [0, 0.1) is 5.41 Å². The zero-order chi connectivity index (χ0) is 12.7. The van der Waals surface area contributed by atoms with Crippen molar-refractivity contribution in [3.8, 4) is 0 Å². The van der Waals surface area contributed by atoms with Crippen LogP contribution in [0.4, 0.5) is 4.79 Å². The van der Waals surface area contributed by atoms with Crippen LogP contribution in [0.2, 0.25) is 0 Å². The lowest BCUT2D eigenvalue weighted by molar-refractivity contribution is 0.0190. The van der Waals surface area contributed by atoms with E-state index in [-0.39, 0.29) is 11.5 Å². The quantitative estimate of drug-likeness (QED) is 0.764. The van der Waals surface area contributed by atoms with Gasteiger partial charge in [-0.2, -0.15) is 0 Å². The van der Waals surface area contributed by atoms with Crippen molar-refractivity contribution >= 4 is 6.09 Å². The molecular weight excluding hydrogens is 216 g/mol. The summed E-state index contributed by atoms with van der Waals surface area (Å²) in [6, 6.07) is 0.308. The molecule has 4 heteroatoms. The van der Waals surface area contributed by atoms with E-state index in [0.29, 0.717) is 12.6 Å². The Morgan fingerprint density at radius 1 is 1.47 bits per heavy atom. The van der Waals surface area contributed by atoms with E-state index in [9.17, 15) is 4.79 Å². The third kappa shape index (κ3) is 2.28. The number of carbonyl (C=O) groups excluding carboxylic acids is 1. The molecule has 2 aliphatic rings. The van der Waals surface area contributed by atoms with Gasteiger partial charge in [0.05, 0.1) is 0 Å². The summed E-state index contributed by atoms with van der Waals surface area (Å²) in [5.41, 5.74) is 5.69. The molecular formula is C13H24N2O2. The number of fused-ring (bicyclic) bond motifs is 1. The summed E-state index contributed by atoms with van der Waals surface area (Å²) in [5.74, 6) is 0. The van der Waals surface area contributed by atoms with E-state index in [2.05, 4.69) is 0 Å². The highest BCUT2D eigenvalue weighted by atomic mass is 16.6. The molecule has 0 aromatic heterocycles. The average molecular weight is 240 g/mol. The van der Waals surface area contributed by atoms with Crippen molar-refractivity contribution in [3.05, 3.63) is 0 Å². The maximum Gasteiger partial charge on any atom is 0.410 e. The number of nitrogens with two attached hydrogens (primary N) is 1. The summed E-state index contributed by atoms with van der Waals surface area (Å²) in [6.07, 6.45) is 4.29. The van der Waals surface area contributed by atoms with Gasteiger partial charge in [-0.15, -0.1) is 0 Å². The summed E-state index contributed by atoms with van der Waals surface area (Å²) >= 11 is 0. The minimum atomic E-state index is -0.413. The summed E-state index contributed by atoms with van der Waals surface area (Å²) in [6.45, 7) is 7.22. The van der Waals surface area contributed by atoms with Crippen molar-refractivity contribution in [2.45, 2.75) is 58.1 Å². The molecule has 1 aliphatic heterocycles. The topological polar surface area (TPSA) is 55.6 Å². The molecule has 1 amide bonds. The first-order valence-corrected chi connectivity index (χ1v) is 6.58. The van der Waals surface area contributed by atoms with E-state index in [1.165, 1.54) is 6.42 Å². The highest BCUT2D eigenvalue weighted by Gasteiger charge is 2.51. The molecule has 0 aromatic rings. The Balaban J connectivity index is 2.07. The standard InChI is InChI=1S/C13H24N2O2/c1-12(2,3)17-11(16)15-8-7-13(9-14)6-4-5-10(13)15/h10H,4-9,14H2,1-3H3/t10-,13-/m1/s1. The van der Waals surface area contributed by atoms with E-state index in [0.717, 1.165) is 25.8 Å². The SMILES string of the molecule is CC(C)(C)OC(=O)N1CC[C@@]2(CN)CCC[C@@H]12. The normalized spacial score (nSPS) is 32.7. The number of nitrogens with zero attached hydrogens (tertiary/aromatic N) is 1. The molecule has 0 unspecified atom stereocenters. The zero-order valence-corrected chi connectivity index (χ0v) is 11.2. The molecule has 2 N–H and O–H groups in total. The van der Waals surface area contributed by atoms with Crippen molar-refractivity contribution in [1.29, 1.82) is 0 Å². The lowest BCUT2D eigenvalue weighted by Gasteiger charge is -2.32. The van der Waals surface area contributed by atoms with Crippen molar-refractivity contribution in [3.63, 3.8) is 0 Å². The van der Waals surface area contributed by atoms with Gasteiger partial charge in [0.25, 0.3) is 0 Å². The Morgan fingerprint density at radius 3 is 2.76 bits per heavy atom. The molecule has 0 bridgehead atoms. The molecule has 98 valence electrons. The van der Waals surface area contributed by atoms with Crippen LogP contribution in [0.25, 0.3) is 0 Å². The molecule has 2 fully saturated rings. The summed E-state index contributed by atoms with van der Waals surface area (Å²) in [7, 11) is 0. The van der Waals surface area contributed by atoms with Crippen LogP contribution >= 0.6 is 0 Å². The van der Waals surface area contributed by atoms with Crippen molar-refractivity contribution < 1.29 is 9.53 Å². The van der Waals surface area contributed by atoms with Crippen LogP contribution in [0.5, 0.6) is 0 Å². The molecule has 2 rings (SSSR count). The Hall–Kier alpha value is -0.770. The summed E-state index contributed by atoms with van der Waals surface area (Å²) in [5, 5.41) is 0. The lowest BCUT2D eigenvalue weighted by atomic mass is 9.82. The number of likely N-dealkylation sites (tertiary alicyclic amines) is 1. The maximum atomic E-state index is 12.1. The molecule has 17 heavy (non-hydrogen) atoms. The average Bonchev–Trinajstić information content (AvgIpc) is 2.71. The smallest absolute Gasteiger partial charge is 0.410 e. The van der Waals surface area contributed by atoms with Gasteiger partial charge in [0.15, 0.2) is 0 Å². The lowest BCUT2D eigenvalue weighted by Crippen LogP contribution is -2.44. The molecule has 1 heterocycles. The van der Waals surface area contributed by atoms with Gasteiger partial charge in [-0.3, -0.25) is 0 Å². The number of amides is 1. The Kier molecular flexibility index (Phi) is 3.10. The van der Waals surface area contributed by atoms with Gasteiger partial charge < -0.3 is 15.4 Å². The first-order valence-electron chi connectivity index (χ1n) is 6.58. The van der Waals surface area contributed by atoms with E-state index < -0.39 is 5.60 Å². The third-order valence-electron chi connectivity index (χ3n) is 4.12. The molecule has 1 aliphatic carbocycles. The van der Waals surface area contributed by atoms with E-state index >= 15 is 0 Å². The molecule has 4 nitrogen and oxygen atoms in total. The second-order valence-corrected chi connectivity index (χ2v) is 6.40. The van der Waals surface area contributed by atoms with Gasteiger partial charge >= 0.3 is 6.09 Å². The zero-order valence-electron chi connectivity index (χ0n) is 11.2. The van der Waals surface area contributed by atoms with Crippen LogP contribution < -0.4 is 5.73 Å². The Labute approximate surface area is 103 Å². The van der Waals surface area contributed by atoms with Gasteiger partial charge in [0.1, 0.15) is 5.60 Å². The van der Waals surface area contributed by atoms with Crippen LogP contribution in [-0.4, -0.2) is 35.7 Å². The number of ether oxygens (including phenoxy) is 1. The molecule has 0 aromatic carbocycles. The van der Waals surface area contributed by atoms with E-state index in [1.807, 2.05) is 25.7 Å². The predicted octanol–water partition coefficient (Wildman–Crippen LogP) is 2.12. The van der Waals surface area contributed by atoms with Gasteiger partial charge in [-0.25, -0.2) is 4.79 Å². The third-order valence-corrected chi connectivity index (χ3v) is 4.12. The Morgan fingerprint density at radius 2 is 2.18 bits per heavy atom. The van der Waals surface area contributed by atoms with E-state index in [1.54, 1.807) is 0 Å². The van der Waals surface area contributed by atoms with Gasteiger partial charge in [-0.05, 0) is 46.6 Å². The summed E-state index contributed by atoms with van der Waals surface area (Å²) in [4.78, 5) is 14.0. The molecule has 2 atom stereocenters. The number of hydrogen-bond donors (Lipinski definition) is 1. The summed E-state index contributed by atoms with van der Waals surface area (Å²) < 4.78 is 5.47.